The lowest BCUT2D eigenvalue weighted by atomic mass is 10.2. The molecule has 0 aliphatic rings. The van der Waals surface area contributed by atoms with Crippen LogP contribution in [0.1, 0.15) is 22.5 Å². The molecule has 0 N–H and O–H groups in total. The van der Waals surface area contributed by atoms with E-state index >= 15 is 0 Å². The monoisotopic (exact) mass is 236 g/mol. The van der Waals surface area contributed by atoms with Gasteiger partial charge in [0.2, 0.25) is 0 Å². The maximum Gasteiger partial charge on any atom is 0.283 e. The predicted octanol–water partition coefficient (Wildman–Crippen LogP) is 2.39. The third-order valence-electron chi connectivity index (χ3n) is 1.55. The van der Waals surface area contributed by atoms with Crippen LogP contribution < -0.4 is 0 Å². The Balaban J connectivity index is 3.49. The summed E-state index contributed by atoms with van der Waals surface area (Å²) in [4.78, 5) is 22.9. The summed E-state index contributed by atoms with van der Waals surface area (Å²) in [5.41, 5.74) is -2.25. The summed E-state index contributed by atoms with van der Waals surface area (Å²) in [6.45, 7) is 0. The van der Waals surface area contributed by atoms with Gasteiger partial charge in [-0.1, -0.05) is 11.6 Å². The lowest BCUT2D eigenvalue weighted by molar-refractivity contribution is -0.386. The first kappa shape index (κ1) is 11.4. The molecule has 0 atom stereocenters. The third-order valence-corrected chi connectivity index (χ3v) is 1.83. The van der Waals surface area contributed by atoms with E-state index in [2.05, 4.69) is 4.98 Å². The normalized spacial score (nSPS) is 10.4. The molecule has 0 aromatic carbocycles. The van der Waals surface area contributed by atoms with Crippen LogP contribution in [0.2, 0.25) is 5.15 Å². The van der Waals surface area contributed by atoms with Crippen LogP contribution in [-0.2, 0) is 0 Å². The predicted molar refractivity (Wildman–Crippen MR) is 46.2 cm³/mol. The quantitative estimate of drug-likeness (QED) is 0.350. The zero-order valence-corrected chi connectivity index (χ0v) is 7.74. The number of hydrogen-bond donors (Lipinski definition) is 0. The number of carbonyl (C=O) groups is 1. The van der Waals surface area contributed by atoms with Crippen LogP contribution in [0.4, 0.5) is 14.5 Å². The smallest absolute Gasteiger partial charge is 0.283 e. The highest BCUT2D eigenvalue weighted by atomic mass is 35.5. The van der Waals surface area contributed by atoms with Crippen molar-refractivity contribution in [1.82, 2.24) is 4.98 Å². The maximum atomic E-state index is 12.4. The van der Waals surface area contributed by atoms with E-state index in [1.54, 1.807) is 0 Å². The van der Waals surface area contributed by atoms with Gasteiger partial charge in [0.1, 0.15) is 16.4 Å². The third kappa shape index (κ3) is 2.24. The molecule has 0 spiro atoms. The van der Waals surface area contributed by atoms with E-state index in [1.807, 2.05) is 0 Å². The fraction of sp³-hybridized carbons (Fsp3) is 0.143. The number of pyridine rings is 1. The number of nitro groups is 1. The summed E-state index contributed by atoms with van der Waals surface area (Å²) < 4.78 is 24.7. The van der Waals surface area contributed by atoms with Gasteiger partial charge < -0.3 is 0 Å². The second-order valence-corrected chi connectivity index (χ2v) is 2.80. The molecule has 1 rings (SSSR count). The van der Waals surface area contributed by atoms with Crippen LogP contribution in [0.15, 0.2) is 6.07 Å². The van der Waals surface area contributed by atoms with Gasteiger partial charge >= 0.3 is 0 Å². The van der Waals surface area contributed by atoms with Gasteiger partial charge in [-0.05, 0) is 0 Å². The molecule has 0 fully saturated rings. The minimum absolute atomic E-state index is 0.189. The molecule has 0 saturated carbocycles. The number of carbonyl (C=O) groups excluding carboxylic acids is 1. The number of alkyl halides is 2. The fourth-order valence-electron chi connectivity index (χ4n) is 0.943. The molecule has 1 aromatic heterocycles. The Morgan fingerprint density at radius 2 is 2.20 bits per heavy atom. The Bertz CT molecular complexity index is 425. The number of halogens is 3. The van der Waals surface area contributed by atoms with Gasteiger partial charge in [0.25, 0.3) is 12.1 Å². The van der Waals surface area contributed by atoms with Crippen molar-refractivity contribution in [3.63, 3.8) is 0 Å². The Morgan fingerprint density at radius 1 is 1.60 bits per heavy atom. The second-order valence-electron chi connectivity index (χ2n) is 2.45. The molecule has 8 heteroatoms. The Labute approximate surface area is 86.8 Å². The van der Waals surface area contributed by atoms with Crippen molar-refractivity contribution in [2.75, 3.05) is 0 Å². The molecule has 5 nitrogen and oxygen atoms in total. The summed E-state index contributed by atoms with van der Waals surface area (Å²) >= 11 is 5.30. The van der Waals surface area contributed by atoms with Crippen molar-refractivity contribution in [1.29, 1.82) is 0 Å². The first-order valence-electron chi connectivity index (χ1n) is 3.55. The highest BCUT2D eigenvalue weighted by molar-refractivity contribution is 6.30. The largest absolute Gasteiger partial charge is 0.296 e. The topological polar surface area (TPSA) is 73.1 Å². The summed E-state index contributed by atoms with van der Waals surface area (Å²) in [5.74, 6) is 0. The van der Waals surface area contributed by atoms with Crippen LogP contribution in [-0.4, -0.2) is 16.2 Å². The van der Waals surface area contributed by atoms with E-state index in [9.17, 15) is 23.7 Å². The van der Waals surface area contributed by atoms with E-state index in [-0.39, 0.29) is 12.0 Å². The standard InChI is InChI=1S/C7H3ClF2N2O3/c8-6-5(7(9)10)4(12(14)15)1-3(2-13)11-6/h1-2,7H. The van der Waals surface area contributed by atoms with E-state index in [1.165, 1.54) is 0 Å². The second kappa shape index (κ2) is 4.26. The molecule has 0 bridgehead atoms. The van der Waals surface area contributed by atoms with Gasteiger partial charge in [-0.15, -0.1) is 0 Å². The molecular formula is C7H3ClF2N2O3. The summed E-state index contributed by atoms with van der Waals surface area (Å²) in [7, 11) is 0. The van der Waals surface area contributed by atoms with Crippen LogP contribution in [0.3, 0.4) is 0 Å². The number of aromatic nitrogens is 1. The van der Waals surface area contributed by atoms with Crippen molar-refractivity contribution < 1.29 is 18.5 Å². The minimum Gasteiger partial charge on any atom is -0.296 e. The lowest BCUT2D eigenvalue weighted by Gasteiger charge is -2.03. The summed E-state index contributed by atoms with van der Waals surface area (Å²) in [6.07, 6.45) is -2.93. The fourth-order valence-corrected chi connectivity index (χ4v) is 1.22. The minimum atomic E-state index is -3.12. The van der Waals surface area contributed by atoms with Crippen molar-refractivity contribution >= 4 is 23.6 Å². The Hall–Kier alpha value is -1.63. The van der Waals surface area contributed by atoms with Crippen LogP contribution >= 0.6 is 11.6 Å². The summed E-state index contributed by atoms with van der Waals surface area (Å²) in [5, 5.41) is 9.68. The molecule has 1 aromatic rings. The van der Waals surface area contributed by atoms with Crippen molar-refractivity contribution in [3.8, 4) is 0 Å². The van der Waals surface area contributed by atoms with Gasteiger partial charge in [-0.2, -0.15) is 0 Å². The summed E-state index contributed by atoms with van der Waals surface area (Å²) in [6, 6.07) is 0.653. The molecule has 0 amide bonds. The van der Waals surface area contributed by atoms with Gasteiger partial charge in [-0.3, -0.25) is 14.9 Å². The SMILES string of the molecule is O=Cc1cc([N+](=O)[O-])c(C(F)F)c(Cl)n1. The average Bonchev–Trinajstić information content (AvgIpc) is 2.15. The Kier molecular flexibility index (Phi) is 3.25. The van der Waals surface area contributed by atoms with E-state index in [0.29, 0.717) is 6.07 Å². The van der Waals surface area contributed by atoms with Crippen LogP contribution in [0.25, 0.3) is 0 Å². The van der Waals surface area contributed by atoms with E-state index in [4.69, 9.17) is 11.6 Å². The van der Waals surface area contributed by atoms with E-state index < -0.39 is 27.8 Å². The molecule has 0 aliphatic heterocycles. The lowest BCUT2D eigenvalue weighted by Crippen LogP contribution is -2.01. The van der Waals surface area contributed by atoms with Gasteiger partial charge in [-0.25, -0.2) is 13.8 Å². The molecule has 80 valence electrons. The first-order valence-corrected chi connectivity index (χ1v) is 3.93. The number of rotatable bonds is 3. The number of hydrogen-bond acceptors (Lipinski definition) is 4. The van der Waals surface area contributed by atoms with Gasteiger partial charge in [0.05, 0.1) is 4.92 Å². The molecule has 1 heterocycles. The van der Waals surface area contributed by atoms with E-state index in [0.717, 1.165) is 0 Å². The number of nitrogens with zero attached hydrogens (tertiary/aromatic N) is 2. The van der Waals surface area contributed by atoms with Crippen molar-refractivity contribution in [2.45, 2.75) is 6.43 Å². The molecule has 15 heavy (non-hydrogen) atoms. The highest BCUT2D eigenvalue weighted by Crippen LogP contribution is 2.33. The van der Waals surface area contributed by atoms with Crippen LogP contribution in [0, 0.1) is 10.1 Å². The molecule has 0 saturated heterocycles. The zero-order chi connectivity index (χ0) is 11.6. The first-order chi connectivity index (χ1) is 6.97. The van der Waals surface area contributed by atoms with Gasteiger partial charge in [0, 0.05) is 6.07 Å². The molecular weight excluding hydrogens is 234 g/mol. The molecule has 0 aliphatic carbocycles. The molecule has 0 unspecified atom stereocenters. The maximum absolute atomic E-state index is 12.4. The average molecular weight is 237 g/mol. The number of aldehydes is 1. The highest BCUT2D eigenvalue weighted by Gasteiger charge is 2.27. The molecule has 0 radical (unpaired) electrons. The van der Waals surface area contributed by atoms with Crippen LogP contribution in [0.5, 0.6) is 0 Å². The van der Waals surface area contributed by atoms with Crippen molar-refractivity contribution in [3.05, 3.63) is 32.6 Å². The van der Waals surface area contributed by atoms with Gasteiger partial charge in [0.15, 0.2) is 6.29 Å². The zero-order valence-electron chi connectivity index (χ0n) is 6.99. The Morgan fingerprint density at radius 3 is 2.60 bits per heavy atom. The van der Waals surface area contributed by atoms with Crippen molar-refractivity contribution in [2.24, 2.45) is 0 Å².